The van der Waals surface area contributed by atoms with Gasteiger partial charge in [0.1, 0.15) is 0 Å². The van der Waals surface area contributed by atoms with Gasteiger partial charge in [-0.2, -0.15) is 5.10 Å². The van der Waals surface area contributed by atoms with Crippen molar-refractivity contribution in [1.82, 2.24) is 15.1 Å². The van der Waals surface area contributed by atoms with E-state index in [2.05, 4.69) is 17.3 Å². The summed E-state index contributed by atoms with van der Waals surface area (Å²) in [5, 5.41) is 7.61. The number of nitrogens with one attached hydrogen (secondary N) is 1. The molecule has 1 heterocycles. The molecule has 3 N–H and O–H groups in total. The number of aryl methyl sites for hydroxylation is 2. The van der Waals surface area contributed by atoms with Crippen molar-refractivity contribution in [2.75, 3.05) is 0 Å². The van der Waals surface area contributed by atoms with Gasteiger partial charge >= 0.3 is 0 Å². The predicted octanol–water partition coefficient (Wildman–Crippen LogP) is 0.643. The lowest BCUT2D eigenvalue weighted by molar-refractivity contribution is -0.118. The number of carbonyl (C=O) groups is 1. The number of primary amides is 1. The van der Waals surface area contributed by atoms with Crippen molar-refractivity contribution >= 4 is 5.91 Å². The van der Waals surface area contributed by atoms with Crippen LogP contribution in [0.15, 0.2) is 6.20 Å². The number of carbonyl (C=O) groups excluding carboxylic acids is 1. The van der Waals surface area contributed by atoms with Crippen molar-refractivity contribution in [2.45, 2.75) is 39.3 Å². The zero-order valence-corrected chi connectivity index (χ0v) is 10.3. The fourth-order valence-electron chi connectivity index (χ4n) is 1.92. The van der Waals surface area contributed by atoms with Gasteiger partial charge in [-0.15, -0.1) is 0 Å². The molecule has 2 atom stereocenters. The van der Waals surface area contributed by atoms with Crippen LogP contribution in [0.25, 0.3) is 0 Å². The van der Waals surface area contributed by atoms with E-state index >= 15 is 0 Å². The van der Waals surface area contributed by atoms with Gasteiger partial charge in [-0.05, 0) is 20.8 Å². The number of amides is 1. The SMILES string of the molecule is Cc1nn(C)cc1C(C)NC(C)CC(N)=O. The summed E-state index contributed by atoms with van der Waals surface area (Å²) in [6, 6.07) is 0.246. The molecule has 0 aromatic carbocycles. The first-order chi connectivity index (χ1) is 7.40. The quantitative estimate of drug-likeness (QED) is 0.771. The number of nitrogens with two attached hydrogens (primary N) is 1. The predicted molar refractivity (Wildman–Crippen MR) is 62.8 cm³/mol. The molecule has 16 heavy (non-hydrogen) atoms. The molecule has 2 unspecified atom stereocenters. The third kappa shape index (κ3) is 3.34. The van der Waals surface area contributed by atoms with Gasteiger partial charge in [-0.25, -0.2) is 0 Å². The fourth-order valence-corrected chi connectivity index (χ4v) is 1.92. The Morgan fingerprint density at radius 3 is 2.69 bits per heavy atom. The zero-order chi connectivity index (χ0) is 12.3. The molecule has 1 amide bonds. The van der Waals surface area contributed by atoms with E-state index in [4.69, 9.17) is 5.73 Å². The Labute approximate surface area is 96.0 Å². The molecule has 0 spiro atoms. The van der Waals surface area contributed by atoms with Gasteiger partial charge < -0.3 is 11.1 Å². The van der Waals surface area contributed by atoms with Crippen molar-refractivity contribution in [2.24, 2.45) is 12.8 Å². The molecule has 1 aromatic rings. The summed E-state index contributed by atoms with van der Waals surface area (Å²) in [6.45, 7) is 5.99. The molecule has 0 aliphatic carbocycles. The molecule has 0 saturated heterocycles. The summed E-state index contributed by atoms with van der Waals surface area (Å²) in [5.74, 6) is -0.282. The van der Waals surface area contributed by atoms with E-state index in [9.17, 15) is 4.79 Å². The summed E-state index contributed by atoms with van der Waals surface area (Å²) >= 11 is 0. The second-order valence-electron chi connectivity index (χ2n) is 4.30. The van der Waals surface area contributed by atoms with E-state index < -0.39 is 0 Å². The van der Waals surface area contributed by atoms with Crippen molar-refractivity contribution in [3.05, 3.63) is 17.5 Å². The van der Waals surface area contributed by atoms with Crippen LogP contribution < -0.4 is 11.1 Å². The van der Waals surface area contributed by atoms with Crippen LogP contribution in [0.1, 0.15) is 37.6 Å². The maximum absolute atomic E-state index is 10.8. The number of hydrogen-bond acceptors (Lipinski definition) is 3. The van der Waals surface area contributed by atoms with Gasteiger partial charge in [0.15, 0.2) is 0 Å². The Morgan fingerprint density at radius 1 is 1.62 bits per heavy atom. The molecule has 0 aliphatic rings. The first-order valence-electron chi connectivity index (χ1n) is 5.44. The standard InChI is InChI=1S/C11H20N4O/c1-7(5-11(12)16)13-8(2)10-6-15(4)14-9(10)3/h6-8,13H,5H2,1-4H3,(H2,12,16). The molecular weight excluding hydrogens is 204 g/mol. The molecule has 0 radical (unpaired) electrons. The lowest BCUT2D eigenvalue weighted by atomic mass is 10.1. The van der Waals surface area contributed by atoms with Crippen LogP contribution in [-0.4, -0.2) is 21.7 Å². The number of aromatic nitrogens is 2. The summed E-state index contributed by atoms with van der Waals surface area (Å²) in [5.41, 5.74) is 7.31. The van der Waals surface area contributed by atoms with Crippen LogP contribution in [0.2, 0.25) is 0 Å². The Morgan fingerprint density at radius 2 is 2.25 bits per heavy atom. The first-order valence-corrected chi connectivity index (χ1v) is 5.44. The minimum atomic E-state index is -0.282. The van der Waals surface area contributed by atoms with Crippen LogP contribution in [-0.2, 0) is 11.8 Å². The molecule has 90 valence electrons. The van der Waals surface area contributed by atoms with Crippen LogP contribution in [0.5, 0.6) is 0 Å². The first kappa shape index (κ1) is 12.7. The minimum Gasteiger partial charge on any atom is -0.370 e. The number of rotatable bonds is 5. The molecule has 0 aliphatic heterocycles. The Balaban J connectivity index is 2.61. The lowest BCUT2D eigenvalue weighted by Crippen LogP contribution is -2.33. The third-order valence-electron chi connectivity index (χ3n) is 2.56. The zero-order valence-electron chi connectivity index (χ0n) is 10.3. The van der Waals surface area contributed by atoms with E-state index in [0.717, 1.165) is 11.3 Å². The molecule has 5 nitrogen and oxygen atoms in total. The molecule has 0 bridgehead atoms. The molecule has 5 heteroatoms. The molecule has 0 fully saturated rings. The largest absolute Gasteiger partial charge is 0.370 e. The van der Waals surface area contributed by atoms with Crippen LogP contribution in [0.4, 0.5) is 0 Å². The van der Waals surface area contributed by atoms with E-state index in [1.807, 2.05) is 27.1 Å². The molecule has 0 saturated carbocycles. The van der Waals surface area contributed by atoms with Gasteiger partial charge in [-0.1, -0.05) is 0 Å². The Kier molecular flexibility index (Phi) is 4.06. The summed E-state index contributed by atoms with van der Waals surface area (Å²) < 4.78 is 1.79. The monoisotopic (exact) mass is 224 g/mol. The number of hydrogen-bond donors (Lipinski definition) is 2. The normalized spacial score (nSPS) is 14.8. The Bertz CT molecular complexity index is 372. The highest BCUT2D eigenvalue weighted by molar-refractivity contribution is 5.74. The fraction of sp³-hybridized carbons (Fsp3) is 0.636. The van der Waals surface area contributed by atoms with Crippen LogP contribution in [0.3, 0.4) is 0 Å². The van der Waals surface area contributed by atoms with Gasteiger partial charge in [0, 0.05) is 37.3 Å². The van der Waals surface area contributed by atoms with Crippen LogP contribution >= 0.6 is 0 Å². The van der Waals surface area contributed by atoms with Gasteiger partial charge in [0.2, 0.25) is 5.91 Å². The highest BCUT2D eigenvalue weighted by Crippen LogP contribution is 2.16. The van der Waals surface area contributed by atoms with Crippen molar-refractivity contribution in [3.63, 3.8) is 0 Å². The van der Waals surface area contributed by atoms with E-state index in [1.54, 1.807) is 4.68 Å². The topological polar surface area (TPSA) is 72.9 Å². The second kappa shape index (κ2) is 5.12. The van der Waals surface area contributed by atoms with Crippen molar-refractivity contribution in [1.29, 1.82) is 0 Å². The average Bonchev–Trinajstić information content (AvgIpc) is 2.43. The van der Waals surface area contributed by atoms with E-state index in [1.165, 1.54) is 0 Å². The van der Waals surface area contributed by atoms with Gasteiger partial charge in [0.25, 0.3) is 0 Å². The third-order valence-corrected chi connectivity index (χ3v) is 2.56. The average molecular weight is 224 g/mol. The molecule has 1 aromatic heterocycles. The highest BCUT2D eigenvalue weighted by atomic mass is 16.1. The van der Waals surface area contributed by atoms with Crippen molar-refractivity contribution in [3.8, 4) is 0 Å². The molecule has 1 rings (SSSR count). The smallest absolute Gasteiger partial charge is 0.218 e. The summed E-state index contributed by atoms with van der Waals surface area (Å²) in [6.07, 6.45) is 2.34. The summed E-state index contributed by atoms with van der Waals surface area (Å²) in [4.78, 5) is 10.8. The summed E-state index contributed by atoms with van der Waals surface area (Å²) in [7, 11) is 1.90. The van der Waals surface area contributed by atoms with Crippen LogP contribution in [0, 0.1) is 6.92 Å². The van der Waals surface area contributed by atoms with Crippen molar-refractivity contribution < 1.29 is 4.79 Å². The maximum Gasteiger partial charge on any atom is 0.218 e. The highest BCUT2D eigenvalue weighted by Gasteiger charge is 2.14. The second-order valence-corrected chi connectivity index (χ2v) is 4.30. The Hall–Kier alpha value is -1.36. The lowest BCUT2D eigenvalue weighted by Gasteiger charge is -2.18. The van der Waals surface area contributed by atoms with E-state index in [-0.39, 0.29) is 18.0 Å². The minimum absolute atomic E-state index is 0.0760. The maximum atomic E-state index is 10.8. The van der Waals surface area contributed by atoms with E-state index in [0.29, 0.717) is 6.42 Å². The number of nitrogens with zero attached hydrogens (tertiary/aromatic N) is 2. The molecular formula is C11H20N4O. The van der Waals surface area contributed by atoms with Gasteiger partial charge in [-0.3, -0.25) is 9.48 Å². The van der Waals surface area contributed by atoms with Gasteiger partial charge in [0.05, 0.1) is 5.69 Å².